The Bertz CT molecular complexity index is 809. The third-order valence-electron chi connectivity index (χ3n) is 4.76. The minimum absolute atomic E-state index is 0.00604. The summed E-state index contributed by atoms with van der Waals surface area (Å²) >= 11 is 0. The first kappa shape index (κ1) is 37.3. The molecule has 0 aromatic heterocycles. The molecule has 0 saturated carbocycles. The largest absolute Gasteiger partial charge is 0.513 e. The Hall–Kier alpha value is -2.73. The van der Waals surface area contributed by atoms with Crippen LogP contribution in [0.4, 0.5) is 10.5 Å². The predicted molar refractivity (Wildman–Crippen MR) is 148 cm³/mol. The zero-order valence-electron chi connectivity index (χ0n) is 23.9. The van der Waals surface area contributed by atoms with Crippen molar-refractivity contribution in [1.82, 2.24) is 0 Å². The molecule has 1 N–H and O–H groups in total. The van der Waals surface area contributed by atoms with E-state index >= 15 is 0 Å². The minimum Gasteiger partial charge on any atom is -0.432 e. The fraction of sp³-hybridized carbons (Fsp3) is 0.667. The van der Waals surface area contributed by atoms with Crippen molar-refractivity contribution in [3.8, 4) is 5.75 Å². The van der Waals surface area contributed by atoms with Crippen LogP contribution in [0.5, 0.6) is 5.75 Å². The molecule has 0 atom stereocenters. The second kappa shape index (κ2) is 28.4. The molecular formula is C27H43NO14. The van der Waals surface area contributed by atoms with Crippen LogP contribution in [0.15, 0.2) is 36.4 Å². The SMILES string of the molecule is O=C(OCCOCCOCCOCCOC/C=C/COCCOCCOCCOCCO)Oc1ccc([N+](=O)[O-])cc1. The summed E-state index contributed by atoms with van der Waals surface area (Å²) in [5, 5.41) is 19.2. The van der Waals surface area contributed by atoms with Gasteiger partial charge in [-0.05, 0) is 12.1 Å². The molecular weight excluding hydrogens is 562 g/mol. The maximum absolute atomic E-state index is 11.6. The van der Waals surface area contributed by atoms with E-state index in [9.17, 15) is 14.9 Å². The Balaban J connectivity index is 1.74. The highest BCUT2D eigenvalue weighted by molar-refractivity contribution is 5.63. The molecule has 15 heteroatoms. The molecule has 0 bridgehead atoms. The maximum Gasteiger partial charge on any atom is 0.513 e. The summed E-state index contributed by atoms with van der Waals surface area (Å²) in [6.45, 7) is 6.79. The average Bonchev–Trinajstić information content (AvgIpc) is 2.98. The molecule has 0 saturated heterocycles. The summed E-state index contributed by atoms with van der Waals surface area (Å²) in [5.41, 5.74) is -0.106. The van der Waals surface area contributed by atoms with Crippen LogP contribution in [0.3, 0.4) is 0 Å². The van der Waals surface area contributed by atoms with Gasteiger partial charge in [0.25, 0.3) is 5.69 Å². The molecule has 0 fully saturated rings. The number of nitro benzene ring substituents is 1. The quantitative estimate of drug-likeness (QED) is 0.0350. The molecule has 0 heterocycles. The number of nitro groups is 1. The van der Waals surface area contributed by atoms with E-state index in [1.165, 1.54) is 24.3 Å². The minimum atomic E-state index is -0.926. The number of ether oxygens (including phenoxy) is 10. The molecule has 0 aliphatic heterocycles. The summed E-state index contributed by atoms with van der Waals surface area (Å²) in [6.07, 6.45) is 2.83. The number of hydrogen-bond acceptors (Lipinski definition) is 14. The number of carbonyl (C=O) groups excluding carboxylic acids is 1. The molecule has 15 nitrogen and oxygen atoms in total. The maximum atomic E-state index is 11.6. The van der Waals surface area contributed by atoms with E-state index in [2.05, 4.69) is 0 Å². The van der Waals surface area contributed by atoms with Gasteiger partial charge in [0.1, 0.15) is 12.4 Å². The van der Waals surface area contributed by atoms with Crippen molar-refractivity contribution in [2.75, 3.05) is 119 Å². The highest BCUT2D eigenvalue weighted by atomic mass is 16.7. The number of non-ortho nitro benzene ring substituents is 1. The van der Waals surface area contributed by atoms with E-state index in [0.29, 0.717) is 99.1 Å². The van der Waals surface area contributed by atoms with Crippen molar-refractivity contribution in [1.29, 1.82) is 0 Å². The standard InChI is InChI=1S/C27H43NO14/c29-7-10-35-13-16-38-19-17-36-14-11-33-8-1-2-9-34-12-15-37-18-20-39-21-22-40-23-24-41-27(30)42-26-5-3-25(4-6-26)28(31)32/h1-6,29H,7-24H2/b2-1+. The lowest BCUT2D eigenvalue weighted by molar-refractivity contribution is -0.384. The van der Waals surface area contributed by atoms with Crippen LogP contribution in [0.1, 0.15) is 0 Å². The molecule has 0 unspecified atom stereocenters. The van der Waals surface area contributed by atoms with Gasteiger partial charge in [-0.15, -0.1) is 0 Å². The van der Waals surface area contributed by atoms with Gasteiger partial charge in [0, 0.05) is 12.1 Å². The van der Waals surface area contributed by atoms with E-state index in [-0.39, 0.29) is 31.3 Å². The highest BCUT2D eigenvalue weighted by Crippen LogP contribution is 2.17. The Labute approximate surface area is 245 Å². The Kier molecular flexibility index (Phi) is 25.2. The fourth-order valence-electron chi connectivity index (χ4n) is 2.77. The number of nitrogens with zero attached hydrogens (tertiary/aromatic N) is 1. The molecule has 1 rings (SSSR count). The molecule has 1 aromatic carbocycles. The van der Waals surface area contributed by atoms with Crippen molar-refractivity contribution in [3.05, 3.63) is 46.5 Å². The first-order chi connectivity index (χ1) is 20.6. The van der Waals surface area contributed by atoms with Crippen molar-refractivity contribution >= 4 is 11.8 Å². The second-order valence-corrected chi connectivity index (χ2v) is 7.97. The van der Waals surface area contributed by atoms with Gasteiger partial charge in [0.2, 0.25) is 0 Å². The zero-order chi connectivity index (χ0) is 30.4. The molecule has 0 spiro atoms. The summed E-state index contributed by atoms with van der Waals surface area (Å²) in [5.74, 6) is 0.141. The van der Waals surface area contributed by atoms with E-state index < -0.39 is 11.1 Å². The normalized spacial score (nSPS) is 11.3. The van der Waals surface area contributed by atoms with Crippen LogP contribution < -0.4 is 4.74 Å². The van der Waals surface area contributed by atoms with E-state index in [0.717, 1.165) is 0 Å². The van der Waals surface area contributed by atoms with Gasteiger partial charge in [-0.1, -0.05) is 12.2 Å². The fourth-order valence-corrected chi connectivity index (χ4v) is 2.77. The lowest BCUT2D eigenvalue weighted by atomic mass is 10.3. The van der Waals surface area contributed by atoms with Gasteiger partial charge in [0.15, 0.2) is 0 Å². The molecule has 42 heavy (non-hydrogen) atoms. The number of aliphatic hydroxyl groups excluding tert-OH is 1. The third-order valence-corrected chi connectivity index (χ3v) is 4.76. The van der Waals surface area contributed by atoms with Gasteiger partial charge in [0.05, 0.1) is 117 Å². The van der Waals surface area contributed by atoms with Gasteiger partial charge in [-0.25, -0.2) is 4.79 Å². The van der Waals surface area contributed by atoms with Crippen molar-refractivity contribution in [2.24, 2.45) is 0 Å². The van der Waals surface area contributed by atoms with Crippen LogP contribution in [-0.2, 0) is 42.6 Å². The summed E-state index contributed by atoms with van der Waals surface area (Å²) in [4.78, 5) is 21.6. The van der Waals surface area contributed by atoms with Crippen molar-refractivity contribution in [2.45, 2.75) is 0 Å². The Morgan fingerprint density at radius 2 is 1.00 bits per heavy atom. The van der Waals surface area contributed by atoms with Crippen LogP contribution >= 0.6 is 0 Å². The molecule has 240 valence electrons. The van der Waals surface area contributed by atoms with Crippen LogP contribution in [0.2, 0.25) is 0 Å². The summed E-state index contributed by atoms with van der Waals surface area (Å²) < 4.78 is 52.5. The zero-order valence-corrected chi connectivity index (χ0v) is 23.9. The van der Waals surface area contributed by atoms with Gasteiger partial charge in [-0.3, -0.25) is 10.1 Å². The summed E-state index contributed by atoms with van der Waals surface area (Å²) in [7, 11) is 0. The molecule has 0 amide bonds. The van der Waals surface area contributed by atoms with Crippen LogP contribution in [0.25, 0.3) is 0 Å². The number of rotatable bonds is 29. The van der Waals surface area contributed by atoms with E-state index in [1.807, 2.05) is 12.2 Å². The van der Waals surface area contributed by atoms with Crippen molar-refractivity contribution < 1.29 is 62.2 Å². The van der Waals surface area contributed by atoms with E-state index in [1.54, 1.807) is 0 Å². The van der Waals surface area contributed by atoms with E-state index in [4.69, 9.17) is 52.5 Å². The third kappa shape index (κ3) is 23.9. The smallest absolute Gasteiger partial charge is 0.432 e. The number of hydrogen-bond donors (Lipinski definition) is 1. The van der Waals surface area contributed by atoms with Crippen LogP contribution in [0, 0.1) is 10.1 Å². The lowest BCUT2D eigenvalue weighted by Crippen LogP contribution is -2.16. The predicted octanol–water partition coefficient (Wildman–Crippen LogP) is 1.79. The number of carbonyl (C=O) groups is 1. The molecule has 0 aliphatic rings. The first-order valence-corrected chi connectivity index (χ1v) is 13.6. The molecule has 1 aromatic rings. The first-order valence-electron chi connectivity index (χ1n) is 13.6. The van der Waals surface area contributed by atoms with Gasteiger partial charge < -0.3 is 52.5 Å². The van der Waals surface area contributed by atoms with Gasteiger partial charge in [-0.2, -0.15) is 0 Å². The highest BCUT2D eigenvalue weighted by Gasteiger charge is 2.09. The second-order valence-electron chi connectivity index (χ2n) is 7.97. The number of aliphatic hydroxyl groups is 1. The molecule has 0 aliphatic carbocycles. The van der Waals surface area contributed by atoms with Crippen LogP contribution in [-0.4, -0.2) is 135 Å². The topological polar surface area (TPSA) is 173 Å². The monoisotopic (exact) mass is 605 g/mol. The summed E-state index contributed by atoms with van der Waals surface area (Å²) in [6, 6.07) is 5.07. The van der Waals surface area contributed by atoms with Gasteiger partial charge >= 0.3 is 6.16 Å². The Morgan fingerprint density at radius 3 is 1.40 bits per heavy atom. The lowest BCUT2D eigenvalue weighted by Gasteiger charge is -2.08. The number of benzene rings is 1. The molecule has 0 radical (unpaired) electrons. The van der Waals surface area contributed by atoms with Crippen molar-refractivity contribution in [3.63, 3.8) is 0 Å². The Morgan fingerprint density at radius 1 is 0.619 bits per heavy atom. The average molecular weight is 606 g/mol.